The van der Waals surface area contributed by atoms with Crippen molar-refractivity contribution in [3.8, 4) is 22.8 Å². The quantitative estimate of drug-likeness (QED) is 0.717. The highest BCUT2D eigenvalue weighted by atomic mass is 16.5. The van der Waals surface area contributed by atoms with Crippen molar-refractivity contribution in [2.75, 3.05) is 19.5 Å². The summed E-state index contributed by atoms with van der Waals surface area (Å²) in [6.07, 6.45) is 6.24. The van der Waals surface area contributed by atoms with Gasteiger partial charge in [-0.2, -0.15) is 5.10 Å². The number of H-pyrrole nitrogens is 1. The lowest BCUT2D eigenvalue weighted by Gasteiger charge is -2.21. The van der Waals surface area contributed by atoms with Crippen molar-refractivity contribution in [3.05, 3.63) is 23.9 Å². The van der Waals surface area contributed by atoms with E-state index in [0.717, 1.165) is 54.7 Å². The summed E-state index contributed by atoms with van der Waals surface area (Å²) < 4.78 is 10.8. The predicted octanol–water partition coefficient (Wildman–Crippen LogP) is 4.81. The Morgan fingerprint density at radius 3 is 2.54 bits per heavy atom. The largest absolute Gasteiger partial charge is 0.493 e. The molecule has 1 aromatic heterocycles. The lowest BCUT2D eigenvalue weighted by Crippen LogP contribution is -2.25. The number of ether oxygens (including phenoxy) is 2. The van der Waals surface area contributed by atoms with Gasteiger partial charge in [-0.15, -0.1) is 0 Å². The number of hydrogen-bond donors (Lipinski definition) is 2. The fraction of sp³-hybridized carbons (Fsp3) is 0.545. The van der Waals surface area contributed by atoms with Crippen molar-refractivity contribution in [2.45, 2.75) is 52.4 Å². The number of nitrogens with one attached hydrogen (secondary N) is 2. The van der Waals surface area contributed by atoms with Gasteiger partial charge in [0.05, 0.1) is 25.6 Å². The molecule has 152 valence electrons. The van der Waals surface area contributed by atoms with E-state index in [2.05, 4.69) is 29.4 Å². The van der Waals surface area contributed by atoms with Gasteiger partial charge in [-0.25, -0.2) is 0 Å². The summed E-state index contributed by atoms with van der Waals surface area (Å²) in [5, 5.41) is 10.9. The molecule has 1 saturated carbocycles. The Hall–Kier alpha value is -2.50. The summed E-state index contributed by atoms with van der Waals surface area (Å²) in [5.41, 5.74) is 3.36. The summed E-state index contributed by atoms with van der Waals surface area (Å²) in [6, 6.07) is 5.69. The van der Waals surface area contributed by atoms with Gasteiger partial charge in [0.2, 0.25) is 5.91 Å². The maximum absolute atomic E-state index is 12.9. The molecule has 2 N–H and O–H groups in total. The number of methoxy groups -OCH3 is 2. The van der Waals surface area contributed by atoms with Crippen LogP contribution in [0.2, 0.25) is 0 Å². The van der Waals surface area contributed by atoms with Crippen LogP contribution in [0.15, 0.2) is 18.2 Å². The van der Waals surface area contributed by atoms with Crippen molar-refractivity contribution in [1.82, 2.24) is 10.2 Å². The lowest BCUT2D eigenvalue weighted by atomic mass is 9.88. The van der Waals surface area contributed by atoms with E-state index in [4.69, 9.17) is 9.47 Å². The zero-order chi connectivity index (χ0) is 20.1. The molecule has 1 aliphatic carbocycles. The number of aromatic nitrogens is 2. The highest BCUT2D eigenvalue weighted by molar-refractivity contribution is 5.97. The van der Waals surface area contributed by atoms with Crippen LogP contribution in [0.4, 0.5) is 5.69 Å². The van der Waals surface area contributed by atoms with E-state index in [1.807, 2.05) is 18.2 Å². The molecule has 0 radical (unpaired) electrons. The minimum Gasteiger partial charge on any atom is -0.493 e. The Labute approximate surface area is 167 Å². The molecule has 1 aromatic carbocycles. The molecular weight excluding hydrogens is 354 g/mol. The molecule has 1 fully saturated rings. The number of rotatable bonds is 7. The summed E-state index contributed by atoms with van der Waals surface area (Å²) in [5.74, 6) is 1.95. The van der Waals surface area contributed by atoms with E-state index in [-0.39, 0.29) is 11.8 Å². The Balaban J connectivity index is 1.94. The second-order valence-electron chi connectivity index (χ2n) is 7.92. The van der Waals surface area contributed by atoms with Crippen LogP contribution in [0.25, 0.3) is 11.3 Å². The highest BCUT2D eigenvalue weighted by Gasteiger charge is 2.25. The fourth-order valence-electron chi connectivity index (χ4n) is 3.85. The molecule has 1 aliphatic rings. The van der Waals surface area contributed by atoms with Gasteiger partial charge in [0, 0.05) is 11.5 Å². The third kappa shape index (κ3) is 4.49. The molecule has 28 heavy (non-hydrogen) atoms. The second kappa shape index (κ2) is 9.13. The summed E-state index contributed by atoms with van der Waals surface area (Å²) in [6.45, 7) is 4.31. The molecular formula is C22H31N3O3. The summed E-state index contributed by atoms with van der Waals surface area (Å²) in [7, 11) is 3.23. The Kier molecular flexibility index (Phi) is 6.60. The highest BCUT2D eigenvalue weighted by Crippen LogP contribution is 2.36. The van der Waals surface area contributed by atoms with Gasteiger partial charge in [-0.05, 0) is 43.4 Å². The monoisotopic (exact) mass is 385 g/mol. The molecule has 2 aromatic rings. The first-order chi connectivity index (χ1) is 13.5. The molecule has 0 spiro atoms. The Morgan fingerprint density at radius 1 is 1.18 bits per heavy atom. The van der Waals surface area contributed by atoms with Crippen LogP contribution >= 0.6 is 0 Å². The van der Waals surface area contributed by atoms with Gasteiger partial charge < -0.3 is 14.8 Å². The van der Waals surface area contributed by atoms with E-state index < -0.39 is 0 Å². The molecule has 6 nitrogen and oxygen atoms in total. The van der Waals surface area contributed by atoms with Crippen LogP contribution in [0.1, 0.15) is 51.6 Å². The van der Waals surface area contributed by atoms with Gasteiger partial charge >= 0.3 is 0 Å². The van der Waals surface area contributed by atoms with Crippen LogP contribution in [0.3, 0.4) is 0 Å². The number of aromatic amines is 1. The zero-order valence-electron chi connectivity index (χ0n) is 17.3. The average molecular weight is 386 g/mol. The first-order valence-corrected chi connectivity index (χ1v) is 10.1. The number of carbonyl (C=O) groups is 1. The third-order valence-electron chi connectivity index (χ3n) is 5.33. The van der Waals surface area contributed by atoms with Gasteiger partial charge in [-0.3, -0.25) is 9.89 Å². The van der Waals surface area contributed by atoms with Crippen molar-refractivity contribution in [3.63, 3.8) is 0 Å². The molecule has 0 unspecified atom stereocenters. The maximum atomic E-state index is 12.9. The number of benzene rings is 1. The molecule has 1 heterocycles. The van der Waals surface area contributed by atoms with Crippen LogP contribution in [0.5, 0.6) is 11.5 Å². The van der Waals surface area contributed by atoms with E-state index in [1.54, 1.807) is 14.2 Å². The fourth-order valence-corrected chi connectivity index (χ4v) is 3.85. The SMILES string of the molecule is COc1ccc(-c2n[nH]c(CC(C)C)c2NC(=O)C2CCCCC2)cc1OC. The van der Waals surface area contributed by atoms with Crippen LogP contribution in [-0.4, -0.2) is 30.3 Å². The van der Waals surface area contributed by atoms with Gasteiger partial charge in [0.25, 0.3) is 0 Å². The van der Waals surface area contributed by atoms with Gasteiger partial charge in [0.1, 0.15) is 5.69 Å². The summed E-state index contributed by atoms with van der Waals surface area (Å²) in [4.78, 5) is 12.9. The average Bonchev–Trinajstić information content (AvgIpc) is 3.09. The standard InChI is InChI=1S/C22H31N3O3/c1-14(2)12-17-21(23-22(26)15-8-6-5-7-9-15)20(25-24-17)16-10-11-18(27-3)19(13-16)28-4/h10-11,13-15H,5-9,12H2,1-4H3,(H,23,26)(H,24,25). The van der Waals surface area contributed by atoms with Crippen LogP contribution in [-0.2, 0) is 11.2 Å². The number of hydrogen-bond acceptors (Lipinski definition) is 4. The Morgan fingerprint density at radius 2 is 1.89 bits per heavy atom. The lowest BCUT2D eigenvalue weighted by molar-refractivity contribution is -0.120. The minimum absolute atomic E-state index is 0.0915. The van der Waals surface area contributed by atoms with Gasteiger partial charge in [-0.1, -0.05) is 33.1 Å². The van der Waals surface area contributed by atoms with E-state index in [1.165, 1.54) is 6.42 Å². The van der Waals surface area contributed by atoms with Crippen molar-refractivity contribution < 1.29 is 14.3 Å². The molecule has 0 aliphatic heterocycles. The summed E-state index contributed by atoms with van der Waals surface area (Å²) >= 11 is 0. The van der Waals surface area contributed by atoms with E-state index >= 15 is 0 Å². The predicted molar refractivity (Wildman–Crippen MR) is 111 cm³/mol. The molecule has 0 atom stereocenters. The Bertz CT molecular complexity index is 807. The minimum atomic E-state index is 0.0915. The molecule has 0 saturated heterocycles. The van der Waals surface area contributed by atoms with Crippen molar-refractivity contribution >= 4 is 11.6 Å². The van der Waals surface area contributed by atoms with Gasteiger partial charge in [0.15, 0.2) is 11.5 Å². The van der Waals surface area contributed by atoms with E-state index in [9.17, 15) is 4.79 Å². The normalized spacial score (nSPS) is 14.9. The van der Waals surface area contributed by atoms with E-state index in [0.29, 0.717) is 17.4 Å². The number of amides is 1. The second-order valence-corrected chi connectivity index (χ2v) is 7.92. The number of carbonyl (C=O) groups excluding carboxylic acids is 1. The van der Waals surface area contributed by atoms with Crippen LogP contribution in [0, 0.1) is 11.8 Å². The molecule has 0 bridgehead atoms. The third-order valence-corrected chi connectivity index (χ3v) is 5.33. The first kappa shape index (κ1) is 20.2. The first-order valence-electron chi connectivity index (χ1n) is 10.1. The smallest absolute Gasteiger partial charge is 0.227 e. The van der Waals surface area contributed by atoms with Crippen molar-refractivity contribution in [2.24, 2.45) is 11.8 Å². The molecule has 6 heteroatoms. The molecule has 3 rings (SSSR count). The molecule has 1 amide bonds. The van der Waals surface area contributed by atoms with Crippen LogP contribution < -0.4 is 14.8 Å². The number of nitrogens with zero attached hydrogens (tertiary/aromatic N) is 1. The van der Waals surface area contributed by atoms with Crippen molar-refractivity contribution in [1.29, 1.82) is 0 Å². The number of anilines is 1. The zero-order valence-corrected chi connectivity index (χ0v) is 17.3. The maximum Gasteiger partial charge on any atom is 0.227 e. The topological polar surface area (TPSA) is 76.2 Å².